The van der Waals surface area contributed by atoms with Crippen LogP contribution in [0.15, 0.2) is 24.3 Å². The number of amides is 1. The Hall–Kier alpha value is -2.84. The quantitative estimate of drug-likeness (QED) is 0.805. The largest absolute Gasteiger partial charge is 0.461 e. The van der Waals surface area contributed by atoms with Crippen molar-refractivity contribution in [3.8, 4) is 11.4 Å². The third-order valence-corrected chi connectivity index (χ3v) is 4.72. The molecule has 2 aromatic rings. The van der Waals surface area contributed by atoms with Crippen LogP contribution in [-0.4, -0.2) is 46.9 Å². The van der Waals surface area contributed by atoms with Crippen LogP contribution in [0.3, 0.4) is 0 Å². The van der Waals surface area contributed by atoms with Crippen LogP contribution in [0.5, 0.6) is 0 Å². The van der Waals surface area contributed by atoms with E-state index in [1.54, 1.807) is 18.9 Å². The van der Waals surface area contributed by atoms with E-state index < -0.39 is 17.7 Å². The maximum absolute atomic E-state index is 12.9. The van der Waals surface area contributed by atoms with Crippen molar-refractivity contribution in [2.45, 2.75) is 25.9 Å². The van der Waals surface area contributed by atoms with Gasteiger partial charge in [0.1, 0.15) is 5.82 Å². The summed E-state index contributed by atoms with van der Waals surface area (Å²) in [6.07, 6.45) is -3.40. The number of aromatic amines is 1. The van der Waals surface area contributed by atoms with Crippen molar-refractivity contribution >= 4 is 11.9 Å². The lowest BCUT2D eigenvalue weighted by Crippen LogP contribution is -2.38. The number of piperidine rings is 1. The zero-order valence-corrected chi connectivity index (χ0v) is 15.5. The predicted octanol–water partition coefficient (Wildman–Crippen LogP) is 3.43. The summed E-state index contributed by atoms with van der Waals surface area (Å²) in [6.45, 7) is 2.27. The van der Waals surface area contributed by atoms with Crippen LogP contribution in [0.2, 0.25) is 0 Å². The average Bonchev–Trinajstić information content (AvgIpc) is 3.04. The van der Waals surface area contributed by atoms with Crippen molar-refractivity contribution in [2.24, 2.45) is 5.92 Å². The SMILES string of the molecule is Cc1[nH]c(-c2cccc(C(F)(F)F)c2)nc1C(=O)OCC1CCC(=O)N(C)C1. The standard InChI is InChI=1S/C19H20F3N3O3/c1-11-16(18(27)28-10-12-6-7-15(26)25(2)9-12)24-17(23-11)13-4-3-5-14(8-13)19(20,21)22/h3-5,8,12H,6-7,9-10H2,1-2H3,(H,23,24). The first-order valence-corrected chi connectivity index (χ1v) is 8.80. The summed E-state index contributed by atoms with van der Waals surface area (Å²) in [5.74, 6) is -0.365. The Morgan fingerprint density at radius 3 is 2.82 bits per heavy atom. The molecule has 150 valence electrons. The molecular weight excluding hydrogens is 375 g/mol. The second-order valence-electron chi connectivity index (χ2n) is 6.92. The van der Waals surface area contributed by atoms with E-state index in [4.69, 9.17) is 4.74 Å². The molecule has 1 atom stereocenters. The lowest BCUT2D eigenvalue weighted by Gasteiger charge is -2.29. The molecule has 1 saturated heterocycles. The van der Waals surface area contributed by atoms with Crippen molar-refractivity contribution in [3.63, 3.8) is 0 Å². The first kappa shape index (κ1) is 19.9. The molecule has 6 nitrogen and oxygen atoms in total. The molecule has 0 bridgehead atoms. The Morgan fingerprint density at radius 1 is 1.39 bits per heavy atom. The van der Waals surface area contributed by atoms with Gasteiger partial charge in [0.05, 0.1) is 12.2 Å². The second kappa shape index (κ2) is 7.65. The Bertz CT molecular complexity index is 892. The Kier molecular flexibility index (Phi) is 5.44. The number of nitrogens with one attached hydrogen (secondary N) is 1. The number of likely N-dealkylation sites (tertiary alicyclic amines) is 1. The fraction of sp³-hybridized carbons (Fsp3) is 0.421. The predicted molar refractivity (Wildman–Crippen MR) is 94.4 cm³/mol. The number of benzene rings is 1. The number of aryl methyl sites for hydroxylation is 1. The van der Waals surface area contributed by atoms with E-state index in [0.717, 1.165) is 12.1 Å². The minimum atomic E-state index is -4.46. The number of halogens is 3. The molecule has 1 aliphatic heterocycles. The van der Waals surface area contributed by atoms with Gasteiger partial charge in [0.2, 0.25) is 5.91 Å². The van der Waals surface area contributed by atoms with Crippen molar-refractivity contribution in [1.29, 1.82) is 0 Å². The molecule has 1 amide bonds. The van der Waals surface area contributed by atoms with Gasteiger partial charge in [-0.05, 0) is 25.5 Å². The summed E-state index contributed by atoms with van der Waals surface area (Å²) >= 11 is 0. The van der Waals surface area contributed by atoms with Crippen LogP contribution in [0.1, 0.15) is 34.6 Å². The number of ether oxygens (including phenoxy) is 1. The number of imidazole rings is 1. The molecule has 1 aliphatic rings. The fourth-order valence-electron chi connectivity index (χ4n) is 3.14. The third-order valence-electron chi connectivity index (χ3n) is 4.72. The number of alkyl halides is 3. The van der Waals surface area contributed by atoms with Crippen molar-refractivity contribution in [2.75, 3.05) is 20.2 Å². The Morgan fingerprint density at radius 2 is 2.14 bits per heavy atom. The van der Waals surface area contributed by atoms with Gasteiger partial charge >= 0.3 is 12.1 Å². The first-order valence-electron chi connectivity index (χ1n) is 8.80. The topological polar surface area (TPSA) is 75.3 Å². The number of esters is 1. The van der Waals surface area contributed by atoms with Crippen LogP contribution in [0, 0.1) is 12.8 Å². The minimum Gasteiger partial charge on any atom is -0.461 e. The molecule has 1 unspecified atom stereocenters. The third kappa shape index (κ3) is 4.35. The van der Waals surface area contributed by atoms with E-state index in [2.05, 4.69) is 9.97 Å². The number of nitrogens with zero attached hydrogens (tertiary/aromatic N) is 2. The van der Waals surface area contributed by atoms with Gasteiger partial charge in [-0.1, -0.05) is 12.1 Å². The monoisotopic (exact) mass is 395 g/mol. The molecule has 0 saturated carbocycles. The maximum atomic E-state index is 12.9. The van der Waals surface area contributed by atoms with E-state index in [1.807, 2.05) is 0 Å². The van der Waals surface area contributed by atoms with Crippen LogP contribution in [0.25, 0.3) is 11.4 Å². The first-order chi connectivity index (χ1) is 13.1. The summed E-state index contributed by atoms with van der Waals surface area (Å²) in [4.78, 5) is 32.4. The highest BCUT2D eigenvalue weighted by atomic mass is 19.4. The Labute approximate surface area is 159 Å². The molecule has 28 heavy (non-hydrogen) atoms. The molecule has 1 fully saturated rings. The number of H-pyrrole nitrogens is 1. The zero-order chi connectivity index (χ0) is 20.5. The van der Waals surface area contributed by atoms with Gasteiger partial charge in [0.25, 0.3) is 0 Å². The molecule has 1 N–H and O–H groups in total. The number of rotatable bonds is 4. The van der Waals surface area contributed by atoms with Crippen LogP contribution in [0.4, 0.5) is 13.2 Å². The van der Waals surface area contributed by atoms with E-state index in [1.165, 1.54) is 12.1 Å². The molecule has 3 rings (SSSR count). The normalized spacial score (nSPS) is 17.7. The van der Waals surface area contributed by atoms with Gasteiger partial charge < -0.3 is 14.6 Å². The van der Waals surface area contributed by atoms with Crippen LogP contribution in [-0.2, 0) is 15.7 Å². The summed E-state index contributed by atoms with van der Waals surface area (Å²) in [5, 5.41) is 0. The molecule has 2 heterocycles. The average molecular weight is 395 g/mol. The molecule has 9 heteroatoms. The molecule has 1 aromatic carbocycles. The van der Waals surface area contributed by atoms with E-state index in [0.29, 0.717) is 25.1 Å². The van der Waals surface area contributed by atoms with Gasteiger partial charge in [0.15, 0.2) is 5.69 Å². The fourth-order valence-corrected chi connectivity index (χ4v) is 3.14. The molecule has 0 spiro atoms. The zero-order valence-electron chi connectivity index (χ0n) is 15.5. The van der Waals surface area contributed by atoms with Crippen LogP contribution < -0.4 is 0 Å². The Balaban J connectivity index is 1.70. The lowest BCUT2D eigenvalue weighted by atomic mass is 9.99. The molecule has 1 aromatic heterocycles. The number of aromatic nitrogens is 2. The smallest absolute Gasteiger partial charge is 0.416 e. The van der Waals surface area contributed by atoms with E-state index in [9.17, 15) is 22.8 Å². The molecular formula is C19H20F3N3O3. The van der Waals surface area contributed by atoms with Crippen LogP contribution >= 0.6 is 0 Å². The van der Waals surface area contributed by atoms with Gasteiger partial charge in [-0.3, -0.25) is 4.79 Å². The van der Waals surface area contributed by atoms with Crippen molar-refractivity contribution < 1.29 is 27.5 Å². The van der Waals surface area contributed by atoms with E-state index in [-0.39, 0.29) is 35.5 Å². The highest BCUT2D eigenvalue weighted by Crippen LogP contribution is 2.31. The van der Waals surface area contributed by atoms with Gasteiger partial charge in [-0.25, -0.2) is 9.78 Å². The summed E-state index contributed by atoms with van der Waals surface area (Å²) < 4.78 is 44.0. The number of hydrogen-bond acceptors (Lipinski definition) is 4. The summed E-state index contributed by atoms with van der Waals surface area (Å²) in [7, 11) is 1.70. The maximum Gasteiger partial charge on any atom is 0.416 e. The van der Waals surface area contributed by atoms with Gasteiger partial charge in [0, 0.05) is 37.2 Å². The number of hydrogen-bond donors (Lipinski definition) is 1. The highest BCUT2D eigenvalue weighted by molar-refractivity contribution is 5.89. The van der Waals surface area contributed by atoms with E-state index >= 15 is 0 Å². The summed E-state index contributed by atoms with van der Waals surface area (Å²) in [6, 6.07) is 4.72. The minimum absolute atomic E-state index is 0.0349. The van der Waals surface area contributed by atoms with Gasteiger partial charge in [-0.2, -0.15) is 13.2 Å². The highest BCUT2D eigenvalue weighted by Gasteiger charge is 2.31. The van der Waals surface area contributed by atoms with Crippen molar-refractivity contribution in [3.05, 3.63) is 41.2 Å². The lowest BCUT2D eigenvalue weighted by molar-refractivity contribution is -0.137. The van der Waals surface area contributed by atoms with Gasteiger partial charge in [-0.15, -0.1) is 0 Å². The van der Waals surface area contributed by atoms with Crippen molar-refractivity contribution in [1.82, 2.24) is 14.9 Å². The number of carbonyl (C=O) groups is 2. The molecule has 0 radical (unpaired) electrons. The molecule has 0 aliphatic carbocycles. The number of carbonyl (C=O) groups excluding carboxylic acids is 2. The second-order valence-corrected chi connectivity index (χ2v) is 6.92. The summed E-state index contributed by atoms with van der Waals surface area (Å²) in [5.41, 5.74) is -0.121.